The van der Waals surface area contributed by atoms with Crippen LogP contribution in [0.25, 0.3) is 0 Å². The number of aromatic nitrogens is 2. The summed E-state index contributed by atoms with van der Waals surface area (Å²) in [5.41, 5.74) is 3.32. The molecule has 1 aromatic rings. The van der Waals surface area contributed by atoms with Gasteiger partial charge in [-0.25, -0.2) is 0 Å². The molecule has 1 aromatic heterocycles. The molecule has 4 nitrogen and oxygen atoms in total. The van der Waals surface area contributed by atoms with Crippen molar-refractivity contribution in [2.75, 3.05) is 29.9 Å². The number of nitrogens with zero attached hydrogens (tertiary/aromatic N) is 3. The van der Waals surface area contributed by atoms with Crippen LogP contribution in [-0.2, 0) is 0 Å². The average molecular weight is 364 g/mol. The average Bonchev–Trinajstić information content (AvgIpc) is 2.92. The number of anilines is 2. The fourth-order valence-electron chi connectivity index (χ4n) is 2.35. The Morgan fingerprint density at radius 3 is 2.95 bits per heavy atom. The van der Waals surface area contributed by atoms with Gasteiger partial charge in [-0.1, -0.05) is 0 Å². The van der Waals surface area contributed by atoms with Crippen molar-refractivity contribution in [2.24, 2.45) is 0 Å². The van der Waals surface area contributed by atoms with Gasteiger partial charge in [0.2, 0.25) is 0 Å². The van der Waals surface area contributed by atoms with E-state index in [0.29, 0.717) is 5.82 Å². The Bertz CT molecular complexity index is 455. The first-order valence-corrected chi connectivity index (χ1v) is 10.3. The molecule has 2 heterocycles. The van der Waals surface area contributed by atoms with E-state index in [9.17, 15) is 13.2 Å². The van der Waals surface area contributed by atoms with Gasteiger partial charge in [0.15, 0.2) is 0 Å². The molecule has 0 aliphatic carbocycles. The van der Waals surface area contributed by atoms with E-state index in [2.05, 4.69) is 26.1 Å². The Balaban J connectivity index is 1.84. The van der Waals surface area contributed by atoms with E-state index in [-0.39, 0.29) is 28.7 Å². The van der Waals surface area contributed by atoms with E-state index in [1.54, 1.807) is 6.20 Å². The molecule has 2 unspecified atom stereocenters. The van der Waals surface area contributed by atoms with Gasteiger partial charge in [0.05, 0.1) is 0 Å². The van der Waals surface area contributed by atoms with E-state index < -0.39 is 12.6 Å². The van der Waals surface area contributed by atoms with Crippen LogP contribution in [0.2, 0.25) is 10.4 Å². The Hall–Kier alpha value is -0.972. The maximum absolute atomic E-state index is 12.1. The fourth-order valence-corrected chi connectivity index (χ4v) is 4.07. The SMILES string of the molecule is C[AsH]C1CCN(c2cnnc(NCCCC(F)(F)F)c2)C1. The fraction of sp³-hybridized carbons (Fsp3) is 0.692. The third-order valence-electron chi connectivity index (χ3n) is 3.54. The van der Waals surface area contributed by atoms with E-state index in [4.69, 9.17) is 0 Å². The van der Waals surface area contributed by atoms with Crippen molar-refractivity contribution in [1.29, 1.82) is 0 Å². The van der Waals surface area contributed by atoms with Crippen LogP contribution in [-0.4, -0.2) is 51.8 Å². The Kier molecular flexibility index (Phi) is 5.73. The summed E-state index contributed by atoms with van der Waals surface area (Å²) in [4.78, 5) is 2.28. The Morgan fingerprint density at radius 2 is 2.29 bits per heavy atom. The van der Waals surface area contributed by atoms with Crippen LogP contribution in [0.3, 0.4) is 0 Å². The molecule has 1 fully saturated rings. The van der Waals surface area contributed by atoms with E-state index in [1.807, 2.05) is 6.07 Å². The zero-order valence-electron chi connectivity index (χ0n) is 12.0. The van der Waals surface area contributed by atoms with E-state index >= 15 is 0 Å². The molecule has 0 amide bonds. The van der Waals surface area contributed by atoms with Crippen LogP contribution in [0, 0.1) is 0 Å². The quantitative estimate of drug-likeness (QED) is 0.623. The van der Waals surface area contributed by atoms with Crippen LogP contribution in [0.15, 0.2) is 12.3 Å². The Morgan fingerprint density at radius 1 is 1.48 bits per heavy atom. The van der Waals surface area contributed by atoms with E-state index in [1.165, 1.54) is 6.42 Å². The van der Waals surface area contributed by atoms with Crippen molar-refractivity contribution in [3.05, 3.63) is 12.3 Å². The van der Waals surface area contributed by atoms with Crippen LogP contribution in [0.4, 0.5) is 24.7 Å². The number of hydrogen-bond donors (Lipinski definition) is 1. The molecule has 1 aliphatic heterocycles. The maximum atomic E-state index is 12.1. The summed E-state index contributed by atoms with van der Waals surface area (Å²) in [6.07, 6.45) is -1.88. The predicted molar refractivity (Wildman–Crippen MR) is 79.4 cm³/mol. The summed E-state index contributed by atoms with van der Waals surface area (Å²) < 4.78 is 37.0. The topological polar surface area (TPSA) is 41.1 Å². The second-order valence-electron chi connectivity index (χ2n) is 5.16. The number of nitrogens with one attached hydrogen (secondary N) is 1. The molecule has 0 spiro atoms. The zero-order chi connectivity index (χ0) is 15.3. The molecule has 0 saturated carbocycles. The molecule has 0 radical (unpaired) electrons. The van der Waals surface area contributed by atoms with Gasteiger partial charge < -0.3 is 0 Å². The van der Waals surface area contributed by atoms with Crippen LogP contribution < -0.4 is 10.2 Å². The molecular weight excluding hydrogens is 344 g/mol. The minimum absolute atomic E-state index is 0.0437. The van der Waals surface area contributed by atoms with Crippen molar-refractivity contribution in [2.45, 2.75) is 35.9 Å². The van der Waals surface area contributed by atoms with E-state index in [0.717, 1.165) is 23.5 Å². The van der Waals surface area contributed by atoms with Crippen LogP contribution in [0.1, 0.15) is 19.3 Å². The normalized spacial score (nSPS) is 19.6. The predicted octanol–water partition coefficient (Wildman–Crippen LogP) is 2.71. The number of halogens is 3. The standard InChI is InChI=1S/C13H20AsF3N4/c1-14-10-3-6-21(9-10)11-7-12(20-19-8-11)18-5-2-4-13(15,16)17/h7-8,10,14H,2-6,9H2,1H3,(H,18,20). The summed E-state index contributed by atoms with van der Waals surface area (Å²) in [6.45, 7) is 2.35. The third-order valence-corrected chi connectivity index (χ3v) is 6.25. The molecule has 0 bridgehead atoms. The van der Waals surface area contributed by atoms with Gasteiger partial charge in [0.1, 0.15) is 0 Å². The van der Waals surface area contributed by atoms with Gasteiger partial charge in [-0.3, -0.25) is 0 Å². The first-order chi connectivity index (χ1) is 9.98. The van der Waals surface area contributed by atoms with Crippen LogP contribution >= 0.6 is 0 Å². The van der Waals surface area contributed by atoms with Gasteiger partial charge in [0.25, 0.3) is 0 Å². The third kappa shape index (κ3) is 5.38. The number of hydrogen-bond acceptors (Lipinski definition) is 4. The molecule has 21 heavy (non-hydrogen) atoms. The minimum atomic E-state index is -4.09. The molecule has 1 N–H and O–H groups in total. The summed E-state index contributed by atoms with van der Waals surface area (Å²) in [6, 6.07) is 1.87. The van der Waals surface area contributed by atoms with Gasteiger partial charge in [-0.2, -0.15) is 0 Å². The molecule has 1 saturated heterocycles. The van der Waals surface area contributed by atoms with Gasteiger partial charge >= 0.3 is 129 Å². The molecule has 1 aliphatic rings. The summed E-state index contributed by atoms with van der Waals surface area (Å²) in [7, 11) is 0. The first-order valence-electron chi connectivity index (χ1n) is 7.03. The van der Waals surface area contributed by atoms with Crippen molar-refractivity contribution >= 4 is 27.3 Å². The van der Waals surface area contributed by atoms with Gasteiger partial charge in [-0.05, 0) is 0 Å². The summed E-state index contributed by atoms with van der Waals surface area (Å²) in [5, 5.41) is 10.8. The van der Waals surface area contributed by atoms with Gasteiger partial charge in [-0.15, -0.1) is 0 Å². The molecular formula is C13H20AsF3N4. The van der Waals surface area contributed by atoms with Gasteiger partial charge in [0, 0.05) is 0 Å². The Labute approximate surface area is 129 Å². The monoisotopic (exact) mass is 364 g/mol. The first kappa shape index (κ1) is 16.4. The van der Waals surface area contributed by atoms with Crippen molar-refractivity contribution in [3.63, 3.8) is 0 Å². The zero-order valence-corrected chi connectivity index (χ0v) is 14.0. The van der Waals surface area contributed by atoms with Crippen LogP contribution in [0.5, 0.6) is 0 Å². The summed E-state index contributed by atoms with van der Waals surface area (Å²) in [5.74, 6) is 0.547. The van der Waals surface area contributed by atoms with Crippen molar-refractivity contribution in [1.82, 2.24) is 10.2 Å². The number of alkyl halides is 3. The second kappa shape index (κ2) is 7.34. The number of rotatable bonds is 6. The van der Waals surface area contributed by atoms with Crippen molar-refractivity contribution < 1.29 is 13.2 Å². The van der Waals surface area contributed by atoms with Crippen molar-refractivity contribution in [3.8, 4) is 0 Å². The summed E-state index contributed by atoms with van der Waals surface area (Å²) >= 11 is 0.129. The molecule has 0 aromatic carbocycles. The molecule has 118 valence electrons. The molecule has 2 rings (SSSR count). The second-order valence-corrected chi connectivity index (χ2v) is 8.09. The molecule has 2 atom stereocenters. The molecule has 8 heteroatoms.